The second kappa shape index (κ2) is 9.88. The molecule has 5 nitrogen and oxygen atoms in total. The van der Waals surface area contributed by atoms with Crippen molar-refractivity contribution in [3.8, 4) is 0 Å². The lowest BCUT2D eigenvalue weighted by Gasteiger charge is -2.21. The van der Waals surface area contributed by atoms with E-state index < -0.39 is 0 Å². The lowest BCUT2D eigenvalue weighted by Crippen LogP contribution is -2.39. The first-order valence-electron chi connectivity index (χ1n) is 8.74. The molecule has 2 N–H and O–H groups in total. The monoisotopic (exact) mass is 385 g/mol. The van der Waals surface area contributed by atoms with Gasteiger partial charge in [-0.3, -0.25) is 4.79 Å². The van der Waals surface area contributed by atoms with E-state index in [-0.39, 0.29) is 18.0 Å². The minimum Gasteiger partial charge on any atom is -0.343 e. The number of nitrogens with one attached hydrogen (secondary N) is 2. The summed E-state index contributed by atoms with van der Waals surface area (Å²) in [6.45, 7) is 3.91. The van der Waals surface area contributed by atoms with E-state index >= 15 is 0 Å². The van der Waals surface area contributed by atoms with Crippen molar-refractivity contribution in [1.82, 2.24) is 15.5 Å². The molecular formula is C18H25Cl2N3O2. The highest BCUT2D eigenvalue weighted by atomic mass is 35.5. The fraction of sp³-hybridized carbons (Fsp3) is 0.556. The summed E-state index contributed by atoms with van der Waals surface area (Å²) in [6.07, 6.45) is 4.57. The van der Waals surface area contributed by atoms with E-state index in [2.05, 4.69) is 10.6 Å². The van der Waals surface area contributed by atoms with Crippen molar-refractivity contribution in [3.05, 3.63) is 33.8 Å². The molecule has 0 saturated carbocycles. The molecule has 2 rings (SSSR count). The van der Waals surface area contributed by atoms with Crippen LogP contribution < -0.4 is 10.6 Å². The number of carbonyl (C=O) groups is 2. The molecule has 0 spiro atoms. The third kappa shape index (κ3) is 6.40. The van der Waals surface area contributed by atoms with Crippen molar-refractivity contribution in [3.63, 3.8) is 0 Å². The van der Waals surface area contributed by atoms with Gasteiger partial charge >= 0.3 is 6.03 Å². The quantitative estimate of drug-likeness (QED) is 0.722. The lowest BCUT2D eigenvalue weighted by molar-refractivity contribution is -0.130. The molecule has 0 aliphatic carbocycles. The van der Waals surface area contributed by atoms with E-state index in [1.807, 2.05) is 11.8 Å². The van der Waals surface area contributed by atoms with Crippen LogP contribution in [0.3, 0.4) is 0 Å². The molecule has 0 radical (unpaired) electrons. The largest absolute Gasteiger partial charge is 0.343 e. The van der Waals surface area contributed by atoms with Gasteiger partial charge in [0.15, 0.2) is 0 Å². The summed E-state index contributed by atoms with van der Waals surface area (Å²) in [7, 11) is 0. The molecule has 0 aromatic heterocycles. The van der Waals surface area contributed by atoms with Gasteiger partial charge in [0, 0.05) is 36.1 Å². The standard InChI is InChI=1S/C18H25Cl2N3O2/c1-13(15-8-7-14(19)12-16(15)20)22-18(25)21-9-5-11-23-10-4-2-3-6-17(23)24/h7-8,12-13H,2-6,9-11H2,1H3,(H2,21,22,25). The van der Waals surface area contributed by atoms with Gasteiger partial charge in [-0.2, -0.15) is 0 Å². The fourth-order valence-electron chi connectivity index (χ4n) is 2.92. The van der Waals surface area contributed by atoms with E-state index in [0.29, 0.717) is 29.6 Å². The molecule has 25 heavy (non-hydrogen) atoms. The molecular weight excluding hydrogens is 361 g/mol. The number of nitrogens with zero attached hydrogens (tertiary/aromatic N) is 1. The average molecular weight is 386 g/mol. The minimum absolute atomic E-state index is 0.225. The molecule has 7 heteroatoms. The molecule has 1 fully saturated rings. The SMILES string of the molecule is CC(NC(=O)NCCCN1CCCCCC1=O)c1ccc(Cl)cc1Cl. The van der Waals surface area contributed by atoms with E-state index in [0.717, 1.165) is 37.8 Å². The molecule has 0 bridgehead atoms. The Labute approximate surface area is 159 Å². The van der Waals surface area contributed by atoms with Crippen LogP contribution in [0.15, 0.2) is 18.2 Å². The third-order valence-electron chi connectivity index (χ3n) is 4.34. The van der Waals surface area contributed by atoms with Crippen LogP contribution in [0.5, 0.6) is 0 Å². The first-order valence-corrected chi connectivity index (χ1v) is 9.50. The van der Waals surface area contributed by atoms with E-state index in [1.54, 1.807) is 18.2 Å². The number of hydrogen-bond acceptors (Lipinski definition) is 2. The van der Waals surface area contributed by atoms with Crippen molar-refractivity contribution >= 4 is 35.1 Å². The average Bonchev–Trinajstić information content (AvgIpc) is 2.76. The molecule has 1 aromatic rings. The maximum atomic E-state index is 12.0. The summed E-state index contributed by atoms with van der Waals surface area (Å²) in [6, 6.07) is 4.74. The van der Waals surface area contributed by atoms with Crippen LogP contribution in [-0.4, -0.2) is 36.5 Å². The molecule has 1 saturated heterocycles. The number of rotatable bonds is 6. The Balaban J connectivity index is 1.70. The van der Waals surface area contributed by atoms with Gasteiger partial charge < -0.3 is 15.5 Å². The number of carbonyl (C=O) groups excluding carboxylic acids is 2. The first-order chi connectivity index (χ1) is 12.0. The first kappa shape index (κ1) is 19.9. The van der Waals surface area contributed by atoms with Crippen molar-refractivity contribution in [1.29, 1.82) is 0 Å². The Morgan fingerprint density at radius 2 is 2.08 bits per heavy atom. The van der Waals surface area contributed by atoms with Gasteiger partial charge in [-0.25, -0.2) is 4.79 Å². The van der Waals surface area contributed by atoms with Crippen molar-refractivity contribution in [2.45, 2.75) is 45.1 Å². The molecule has 1 aliphatic heterocycles. The minimum atomic E-state index is -0.249. The Kier molecular flexibility index (Phi) is 7.85. The van der Waals surface area contributed by atoms with E-state index in [1.165, 1.54) is 0 Å². The Morgan fingerprint density at radius 3 is 2.84 bits per heavy atom. The topological polar surface area (TPSA) is 61.4 Å². The Hall–Kier alpha value is -1.46. The fourth-order valence-corrected chi connectivity index (χ4v) is 3.50. The predicted octanol–water partition coefficient (Wildman–Crippen LogP) is 4.15. The van der Waals surface area contributed by atoms with Gasteiger partial charge in [-0.15, -0.1) is 0 Å². The summed E-state index contributed by atoms with van der Waals surface area (Å²) in [5, 5.41) is 6.77. The third-order valence-corrected chi connectivity index (χ3v) is 4.90. The van der Waals surface area contributed by atoms with Crippen molar-refractivity contribution in [2.24, 2.45) is 0 Å². The smallest absolute Gasteiger partial charge is 0.315 e. The molecule has 1 atom stereocenters. The zero-order valence-electron chi connectivity index (χ0n) is 14.5. The summed E-state index contributed by atoms with van der Waals surface area (Å²) < 4.78 is 0. The van der Waals surface area contributed by atoms with Crippen LogP contribution in [0.25, 0.3) is 0 Å². The maximum Gasteiger partial charge on any atom is 0.315 e. The van der Waals surface area contributed by atoms with Crippen molar-refractivity contribution < 1.29 is 9.59 Å². The molecule has 138 valence electrons. The van der Waals surface area contributed by atoms with Gasteiger partial charge in [-0.05, 0) is 43.9 Å². The summed E-state index contributed by atoms with van der Waals surface area (Å²) in [5.74, 6) is 0.230. The highest BCUT2D eigenvalue weighted by Gasteiger charge is 2.16. The molecule has 1 aromatic carbocycles. The van der Waals surface area contributed by atoms with Crippen LogP contribution in [0.2, 0.25) is 10.0 Å². The van der Waals surface area contributed by atoms with Crippen LogP contribution in [0.1, 0.15) is 50.6 Å². The number of benzene rings is 1. The van der Waals surface area contributed by atoms with Crippen LogP contribution in [0, 0.1) is 0 Å². The van der Waals surface area contributed by atoms with Gasteiger partial charge in [0.1, 0.15) is 0 Å². The second-order valence-electron chi connectivity index (χ2n) is 6.33. The highest BCUT2D eigenvalue weighted by molar-refractivity contribution is 6.35. The van der Waals surface area contributed by atoms with Gasteiger partial charge in [0.25, 0.3) is 0 Å². The molecule has 1 heterocycles. The molecule has 3 amide bonds. The zero-order chi connectivity index (χ0) is 18.2. The Bertz CT molecular complexity index is 610. The molecule has 1 aliphatic rings. The maximum absolute atomic E-state index is 12.0. The number of hydrogen-bond donors (Lipinski definition) is 2. The number of likely N-dealkylation sites (tertiary alicyclic amines) is 1. The van der Waals surface area contributed by atoms with E-state index in [4.69, 9.17) is 23.2 Å². The lowest BCUT2D eigenvalue weighted by atomic mass is 10.1. The number of urea groups is 1. The summed E-state index contributed by atoms with van der Waals surface area (Å²) in [4.78, 5) is 25.8. The van der Waals surface area contributed by atoms with Gasteiger partial charge in [-0.1, -0.05) is 35.7 Å². The zero-order valence-corrected chi connectivity index (χ0v) is 16.0. The van der Waals surface area contributed by atoms with E-state index in [9.17, 15) is 9.59 Å². The predicted molar refractivity (Wildman–Crippen MR) is 101 cm³/mol. The number of halogens is 2. The summed E-state index contributed by atoms with van der Waals surface area (Å²) >= 11 is 12.0. The normalized spacial score (nSPS) is 16.3. The van der Waals surface area contributed by atoms with Gasteiger partial charge in [0.05, 0.1) is 6.04 Å². The van der Waals surface area contributed by atoms with Crippen LogP contribution >= 0.6 is 23.2 Å². The summed E-state index contributed by atoms with van der Waals surface area (Å²) in [5.41, 5.74) is 0.816. The van der Waals surface area contributed by atoms with Crippen LogP contribution in [-0.2, 0) is 4.79 Å². The van der Waals surface area contributed by atoms with Crippen molar-refractivity contribution in [2.75, 3.05) is 19.6 Å². The number of amides is 3. The second-order valence-corrected chi connectivity index (χ2v) is 7.18. The Morgan fingerprint density at radius 1 is 1.28 bits per heavy atom. The van der Waals surface area contributed by atoms with Gasteiger partial charge in [0.2, 0.25) is 5.91 Å². The van der Waals surface area contributed by atoms with Crippen LogP contribution in [0.4, 0.5) is 4.79 Å². The highest BCUT2D eigenvalue weighted by Crippen LogP contribution is 2.25. The molecule has 1 unspecified atom stereocenters.